The van der Waals surface area contributed by atoms with Gasteiger partial charge in [0.2, 0.25) is 17.8 Å². The maximum atomic E-state index is 13.0. The fourth-order valence-corrected chi connectivity index (χ4v) is 3.24. The van der Waals surface area contributed by atoms with Crippen molar-refractivity contribution in [3.8, 4) is 5.75 Å². The van der Waals surface area contributed by atoms with Crippen molar-refractivity contribution in [3.05, 3.63) is 48.0 Å². The van der Waals surface area contributed by atoms with Crippen LogP contribution in [0.2, 0.25) is 0 Å². The first kappa shape index (κ1) is 16.1. The van der Waals surface area contributed by atoms with E-state index in [1.54, 1.807) is 17.7 Å². The first-order valence-corrected chi connectivity index (χ1v) is 8.29. The minimum atomic E-state index is -0.684. The van der Waals surface area contributed by atoms with Crippen LogP contribution in [-0.4, -0.2) is 28.5 Å². The van der Waals surface area contributed by atoms with E-state index in [-0.39, 0.29) is 18.2 Å². The van der Waals surface area contributed by atoms with Crippen LogP contribution >= 0.6 is 0 Å². The Morgan fingerprint density at radius 1 is 1.31 bits per heavy atom. The van der Waals surface area contributed by atoms with Crippen LogP contribution in [0.5, 0.6) is 5.75 Å². The lowest BCUT2D eigenvalue weighted by atomic mass is 10.1. The number of aryl methyl sites for hydroxylation is 1. The summed E-state index contributed by atoms with van der Waals surface area (Å²) in [7, 11) is 1.55. The van der Waals surface area contributed by atoms with Gasteiger partial charge in [0, 0.05) is 0 Å². The summed E-state index contributed by atoms with van der Waals surface area (Å²) in [5.74, 6) is 0.441. The number of para-hydroxylation sites is 2. The van der Waals surface area contributed by atoms with Crippen LogP contribution in [0.15, 0.2) is 42.5 Å². The summed E-state index contributed by atoms with van der Waals surface area (Å²) in [4.78, 5) is 29.5. The molecule has 1 aliphatic heterocycles. The van der Waals surface area contributed by atoms with E-state index in [1.165, 1.54) is 0 Å². The van der Waals surface area contributed by atoms with Gasteiger partial charge in [0.1, 0.15) is 11.8 Å². The van der Waals surface area contributed by atoms with Gasteiger partial charge in [0.15, 0.2) is 0 Å². The fourth-order valence-electron chi connectivity index (χ4n) is 3.24. The van der Waals surface area contributed by atoms with Crippen LogP contribution in [0.1, 0.15) is 18.0 Å². The molecule has 0 spiro atoms. The summed E-state index contributed by atoms with van der Waals surface area (Å²) in [6, 6.07) is 12.4. The zero-order valence-corrected chi connectivity index (χ0v) is 14.4. The number of nitrogens with zero attached hydrogens (tertiary/aromatic N) is 2. The number of benzene rings is 2. The number of hydrogen-bond acceptors (Lipinski definition) is 4. The van der Waals surface area contributed by atoms with Gasteiger partial charge in [-0.2, -0.15) is 0 Å². The molecule has 1 aromatic heterocycles. The number of anilines is 2. The third-order valence-corrected chi connectivity index (χ3v) is 4.45. The lowest BCUT2D eigenvalue weighted by molar-refractivity contribution is -0.124. The van der Waals surface area contributed by atoms with Gasteiger partial charge < -0.3 is 10.1 Å². The Morgan fingerprint density at radius 3 is 2.92 bits per heavy atom. The summed E-state index contributed by atoms with van der Waals surface area (Å²) in [6.45, 7) is 1.94. The monoisotopic (exact) mass is 350 g/mol. The Bertz CT molecular complexity index is 1020. The van der Waals surface area contributed by atoms with Crippen molar-refractivity contribution in [2.45, 2.75) is 19.4 Å². The highest BCUT2D eigenvalue weighted by molar-refractivity contribution is 6.03. The lowest BCUT2D eigenvalue weighted by Gasteiger charge is -2.25. The van der Waals surface area contributed by atoms with Gasteiger partial charge in [-0.05, 0) is 36.8 Å². The number of aromatic nitrogens is 2. The van der Waals surface area contributed by atoms with E-state index in [1.807, 2.05) is 43.3 Å². The number of hydrogen-bond donors (Lipinski definition) is 2. The highest BCUT2D eigenvalue weighted by Crippen LogP contribution is 2.32. The van der Waals surface area contributed by atoms with Gasteiger partial charge in [-0.15, -0.1) is 0 Å². The first-order chi connectivity index (χ1) is 12.6. The van der Waals surface area contributed by atoms with Crippen LogP contribution in [-0.2, 0) is 9.59 Å². The van der Waals surface area contributed by atoms with Crippen LogP contribution in [0.4, 0.5) is 11.6 Å². The molecule has 3 aromatic rings. The van der Waals surface area contributed by atoms with Crippen LogP contribution < -0.4 is 15.4 Å². The van der Waals surface area contributed by atoms with Crippen LogP contribution in [0.3, 0.4) is 0 Å². The number of methoxy groups -OCH3 is 1. The molecule has 0 fully saturated rings. The number of fused-ring (bicyclic) bond motifs is 3. The maximum Gasteiger partial charge on any atom is 0.248 e. The molecule has 2 N–H and O–H groups in total. The van der Waals surface area contributed by atoms with E-state index in [2.05, 4.69) is 15.6 Å². The summed E-state index contributed by atoms with van der Waals surface area (Å²) in [6.07, 6.45) is 0.0489. The predicted octanol–water partition coefficient (Wildman–Crippen LogP) is 2.88. The van der Waals surface area contributed by atoms with Crippen molar-refractivity contribution in [1.29, 1.82) is 0 Å². The second kappa shape index (κ2) is 6.18. The molecular formula is C19H18N4O3. The highest BCUT2D eigenvalue weighted by Gasteiger charge is 2.33. The topological polar surface area (TPSA) is 85.2 Å². The molecule has 2 amide bonds. The molecule has 0 saturated heterocycles. The summed E-state index contributed by atoms with van der Waals surface area (Å²) in [5, 5.41) is 5.63. The van der Waals surface area contributed by atoms with Gasteiger partial charge in [0.05, 0.1) is 30.3 Å². The number of rotatable bonds is 3. The quantitative estimate of drug-likeness (QED) is 0.761. The number of imidazole rings is 1. The van der Waals surface area contributed by atoms with Crippen molar-refractivity contribution in [2.24, 2.45) is 0 Å². The third-order valence-electron chi connectivity index (χ3n) is 4.45. The average molecular weight is 350 g/mol. The summed E-state index contributed by atoms with van der Waals surface area (Å²) >= 11 is 0. The van der Waals surface area contributed by atoms with E-state index in [4.69, 9.17) is 4.74 Å². The Hall–Kier alpha value is -3.35. The minimum absolute atomic E-state index is 0.0489. The normalized spacial score (nSPS) is 16.1. The molecule has 1 aliphatic rings. The number of carbonyl (C=O) groups excluding carboxylic acids is 2. The molecule has 0 radical (unpaired) electrons. The summed E-state index contributed by atoms with van der Waals surface area (Å²) in [5.41, 5.74) is 3.11. The third kappa shape index (κ3) is 2.67. The Morgan fingerprint density at radius 2 is 2.12 bits per heavy atom. The van der Waals surface area contributed by atoms with Crippen molar-refractivity contribution in [1.82, 2.24) is 9.55 Å². The Labute approximate surface area is 150 Å². The molecule has 0 aliphatic carbocycles. The van der Waals surface area contributed by atoms with Crippen molar-refractivity contribution >= 4 is 34.5 Å². The molecular weight excluding hydrogens is 332 g/mol. The molecule has 4 rings (SSSR count). The Balaban J connectivity index is 1.74. The molecule has 26 heavy (non-hydrogen) atoms. The molecule has 2 aromatic carbocycles. The molecule has 1 atom stereocenters. The molecule has 0 saturated carbocycles. The second-order valence-electron chi connectivity index (χ2n) is 6.26. The van der Waals surface area contributed by atoms with Crippen LogP contribution in [0.25, 0.3) is 11.0 Å². The number of carbonyl (C=O) groups is 2. The fraction of sp³-hybridized carbons (Fsp3) is 0.211. The van der Waals surface area contributed by atoms with Gasteiger partial charge >= 0.3 is 0 Å². The van der Waals surface area contributed by atoms with Gasteiger partial charge in [-0.1, -0.05) is 18.2 Å². The molecule has 0 bridgehead atoms. The maximum absolute atomic E-state index is 13.0. The van der Waals surface area contributed by atoms with Gasteiger partial charge in [-0.3, -0.25) is 19.5 Å². The first-order valence-electron chi connectivity index (χ1n) is 8.29. The largest absolute Gasteiger partial charge is 0.495 e. The van der Waals surface area contributed by atoms with Gasteiger partial charge in [-0.25, -0.2) is 4.98 Å². The number of ether oxygens (including phenoxy) is 1. The predicted molar refractivity (Wildman–Crippen MR) is 98.4 cm³/mol. The zero-order valence-electron chi connectivity index (χ0n) is 14.4. The SMILES string of the molecule is COc1ccc(C)cc1NC(=O)[C@H]1CC(=O)Nc2nc3ccccc3n21. The summed E-state index contributed by atoms with van der Waals surface area (Å²) < 4.78 is 7.09. The highest BCUT2D eigenvalue weighted by atomic mass is 16.5. The molecule has 132 valence electrons. The van der Waals surface area contributed by atoms with Crippen molar-refractivity contribution in [2.75, 3.05) is 17.7 Å². The minimum Gasteiger partial charge on any atom is -0.495 e. The van der Waals surface area contributed by atoms with E-state index >= 15 is 0 Å². The van der Waals surface area contributed by atoms with E-state index in [0.717, 1.165) is 16.6 Å². The zero-order chi connectivity index (χ0) is 18.3. The van der Waals surface area contributed by atoms with E-state index in [0.29, 0.717) is 17.4 Å². The van der Waals surface area contributed by atoms with Crippen molar-refractivity contribution in [3.63, 3.8) is 0 Å². The second-order valence-corrected chi connectivity index (χ2v) is 6.26. The van der Waals surface area contributed by atoms with Crippen LogP contribution in [0, 0.1) is 6.92 Å². The smallest absolute Gasteiger partial charge is 0.248 e. The molecule has 0 unspecified atom stereocenters. The standard InChI is InChI=1S/C19H18N4O3/c1-11-7-8-16(26-2)13(9-11)20-18(25)15-10-17(24)22-19-21-12-5-3-4-6-14(12)23(15)19/h3-9,15H,10H2,1-2H3,(H,20,25)(H,21,22,24)/t15-/m1/s1. The number of amides is 2. The van der Waals surface area contributed by atoms with Gasteiger partial charge in [0.25, 0.3) is 0 Å². The molecule has 2 heterocycles. The van der Waals surface area contributed by atoms with E-state index < -0.39 is 6.04 Å². The lowest BCUT2D eigenvalue weighted by Crippen LogP contribution is -2.35. The molecule has 7 heteroatoms. The number of nitrogens with one attached hydrogen (secondary N) is 2. The van der Waals surface area contributed by atoms with Crippen molar-refractivity contribution < 1.29 is 14.3 Å². The molecule has 7 nitrogen and oxygen atoms in total. The van der Waals surface area contributed by atoms with E-state index in [9.17, 15) is 9.59 Å². The average Bonchev–Trinajstić information content (AvgIpc) is 2.99. The Kier molecular flexibility index (Phi) is 3.84.